The number of carbonyl (C=O) groups excluding carboxylic acids is 1. The van der Waals surface area contributed by atoms with E-state index in [4.69, 9.17) is 19.3 Å². The lowest BCUT2D eigenvalue weighted by molar-refractivity contribution is -0.156. The Morgan fingerprint density at radius 1 is 1.11 bits per heavy atom. The largest absolute Gasteiger partial charge is 0.466 e. The topological polar surface area (TPSA) is 74.2 Å². The Morgan fingerprint density at radius 2 is 1.71 bits per heavy atom. The van der Waals surface area contributed by atoms with Gasteiger partial charge < -0.3 is 24.1 Å². The summed E-state index contributed by atoms with van der Waals surface area (Å²) in [6.07, 6.45) is 4.54. The van der Waals surface area contributed by atoms with Crippen molar-refractivity contribution in [1.82, 2.24) is 0 Å². The van der Waals surface area contributed by atoms with E-state index in [2.05, 4.69) is 4.74 Å². The van der Waals surface area contributed by atoms with Gasteiger partial charge in [0, 0.05) is 25.9 Å². The molecule has 0 aromatic heterocycles. The first-order valence-electron chi connectivity index (χ1n) is 9.88. The number of hydrogen-bond donors (Lipinski definition) is 1. The minimum atomic E-state index is -0.431. The second kappa shape index (κ2) is 23.3. The monoisotopic (exact) mass is 398 g/mol. The van der Waals surface area contributed by atoms with Crippen LogP contribution >= 0.6 is 0 Å². The van der Waals surface area contributed by atoms with Crippen molar-refractivity contribution in [3.63, 3.8) is 0 Å². The lowest BCUT2D eigenvalue weighted by atomic mass is 10.2. The number of hydrogen-bond acceptors (Lipinski definition) is 6. The number of aliphatic hydroxyl groups is 1. The summed E-state index contributed by atoms with van der Waals surface area (Å²) in [6, 6.07) is 10.1. The van der Waals surface area contributed by atoms with Gasteiger partial charge in [-0.05, 0) is 32.3 Å². The van der Waals surface area contributed by atoms with Crippen LogP contribution < -0.4 is 0 Å². The van der Waals surface area contributed by atoms with Crippen LogP contribution in [-0.4, -0.2) is 50.9 Å². The summed E-state index contributed by atoms with van der Waals surface area (Å²) in [5, 5.41) is 8.54. The number of methoxy groups -OCH3 is 1. The highest BCUT2D eigenvalue weighted by atomic mass is 16.7. The van der Waals surface area contributed by atoms with Gasteiger partial charge in [0.1, 0.15) is 0 Å². The van der Waals surface area contributed by atoms with Crippen LogP contribution in [0.3, 0.4) is 0 Å². The number of benzene rings is 1. The van der Waals surface area contributed by atoms with Crippen LogP contribution in [0.25, 0.3) is 0 Å². The van der Waals surface area contributed by atoms with Gasteiger partial charge in [0.2, 0.25) is 0 Å². The highest BCUT2D eigenvalue weighted by molar-refractivity contribution is 5.81. The smallest absolute Gasteiger partial charge is 0.330 e. The zero-order valence-electron chi connectivity index (χ0n) is 18.1. The molecule has 0 heterocycles. The predicted octanol–water partition coefficient (Wildman–Crippen LogP) is 4.12. The molecule has 0 saturated carbocycles. The molecule has 0 saturated heterocycles. The zero-order valence-corrected chi connectivity index (χ0v) is 18.1. The van der Waals surface area contributed by atoms with Crippen LogP contribution in [0.2, 0.25) is 0 Å². The SMILES string of the molecule is CC.CCOC(CO)OCC.COC(=O)/C=C/CCCOCc1ccccc1. The van der Waals surface area contributed by atoms with E-state index < -0.39 is 6.29 Å². The first-order valence-corrected chi connectivity index (χ1v) is 9.88. The maximum Gasteiger partial charge on any atom is 0.330 e. The third-order valence-electron chi connectivity index (χ3n) is 3.08. The van der Waals surface area contributed by atoms with Crippen molar-refractivity contribution in [3.05, 3.63) is 48.0 Å². The minimum absolute atomic E-state index is 0.0678. The van der Waals surface area contributed by atoms with Crippen molar-refractivity contribution in [1.29, 1.82) is 0 Å². The standard InChI is InChI=1S/C14H18O3.C6H14O3.C2H6/c1-16-14(15)10-6-3-7-11-17-12-13-8-4-2-5-9-13;1-3-8-6(5-7)9-4-2;1-2/h2,4-6,8-10H,3,7,11-12H2,1H3;6-7H,3-5H2,1-2H3;1-2H3/b10-6+;;. The molecule has 0 spiro atoms. The van der Waals surface area contributed by atoms with Crippen molar-refractivity contribution >= 4 is 5.97 Å². The number of rotatable bonds is 12. The fourth-order valence-corrected chi connectivity index (χ4v) is 1.84. The van der Waals surface area contributed by atoms with Crippen molar-refractivity contribution in [2.75, 3.05) is 33.5 Å². The molecule has 28 heavy (non-hydrogen) atoms. The highest BCUT2D eigenvalue weighted by Gasteiger charge is 2.02. The van der Waals surface area contributed by atoms with Crippen molar-refractivity contribution < 1.29 is 28.8 Å². The molecular weight excluding hydrogens is 360 g/mol. The van der Waals surface area contributed by atoms with Gasteiger partial charge in [-0.25, -0.2) is 4.79 Å². The van der Waals surface area contributed by atoms with Gasteiger partial charge in [0.05, 0.1) is 20.3 Å². The summed E-state index contributed by atoms with van der Waals surface area (Å²) < 4.78 is 19.9. The molecule has 0 unspecified atom stereocenters. The van der Waals surface area contributed by atoms with E-state index >= 15 is 0 Å². The number of allylic oxidation sites excluding steroid dienone is 1. The third-order valence-corrected chi connectivity index (χ3v) is 3.08. The van der Waals surface area contributed by atoms with Crippen LogP contribution in [-0.2, 0) is 30.3 Å². The van der Waals surface area contributed by atoms with Crippen LogP contribution in [0.4, 0.5) is 0 Å². The second-order valence-electron chi connectivity index (χ2n) is 5.13. The summed E-state index contributed by atoms with van der Waals surface area (Å²) in [5.74, 6) is -0.310. The molecule has 6 heteroatoms. The summed E-state index contributed by atoms with van der Waals surface area (Å²) in [7, 11) is 1.37. The van der Waals surface area contributed by atoms with Gasteiger partial charge in [0.15, 0.2) is 6.29 Å². The van der Waals surface area contributed by atoms with E-state index in [-0.39, 0.29) is 12.6 Å². The molecule has 1 aromatic rings. The average molecular weight is 399 g/mol. The van der Waals surface area contributed by atoms with Crippen LogP contribution in [0.15, 0.2) is 42.5 Å². The molecular formula is C22H38O6. The van der Waals surface area contributed by atoms with Gasteiger partial charge in [0.25, 0.3) is 0 Å². The number of esters is 1. The summed E-state index contributed by atoms with van der Waals surface area (Å²) in [6.45, 7) is 10.1. The molecule has 0 aliphatic heterocycles. The molecule has 0 amide bonds. The Kier molecular flexibility index (Phi) is 23.7. The van der Waals surface area contributed by atoms with E-state index in [0.29, 0.717) is 26.4 Å². The normalized spacial score (nSPS) is 10.1. The first-order chi connectivity index (χ1) is 13.7. The molecule has 1 N–H and O–H groups in total. The molecule has 1 aromatic carbocycles. The third kappa shape index (κ3) is 19.0. The number of aliphatic hydroxyl groups excluding tert-OH is 1. The summed E-state index contributed by atoms with van der Waals surface area (Å²) in [5.41, 5.74) is 1.18. The lowest BCUT2D eigenvalue weighted by Gasteiger charge is -2.12. The Labute approximate surface area is 170 Å². The Bertz CT molecular complexity index is 455. The van der Waals surface area contributed by atoms with E-state index in [1.165, 1.54) is 18.7 Å². The van der Waals surface area contributed by atoms with Gasteiger partial charge in [-0.2, -0.15) is 0 Å². The minimum Gasteiger partial charge on any atom is -0.466 e. The van der Waals surface area contributed by atoms with E-state index in [1.807, 2.05) is 58.0 Å². The van der Waals surface area contributed by atoms with Gasteiger partial charge in [-0.15, -0.1) is 0 Å². The molecule has 0 aliphatic carbocycles. The Morgan fingerprint density at radius 3 is 2.21 bits per heavy atom. The molecule has 0 atom stereocenters. The van der Waals surface area contributed by atoms with Crippen LogP contribution in [0.1, 0.15) is 46.1 Å². The molecule has 0 radical (unpaired) electrons. The average Bonchev–Trinajstić information content (AvgIpc) is 2.75. The predicted molar refractivity (Wildman–Crippen MR) is 112 cm³/mol. The second-order valence-corrected chi connectivity index (χ2v) is 5.13. The van der Waals surface area contributed by atoms with Crippen molar-refractivity contribution in [2.45, 2.75) is 53.4 Å². The highest BCUT2D eigenvalue weighted by Crippen LogP contribution is 2.01. The number of unbranched alkanes of at least 4 members (excludes halogenated alkanes) is 1. The van der Waals surface area contributed by atoms with Crippen molar-refractivity contribution in [2.24, 2.45) is 0 Å². The molecule has 0 bridgehead atoms. The Balaban J connectivity index is 0. The summed E-state index contributed by atoms with van der Waals surface area (Å²) in [4.78, 5) is 10.7. The first kappa shape index (κ1) is 28.5. The summed E-state index contributed by atoms with van der Waals surface area (Å²) >= 11 is 0. The molecule has 162 valence electrons. The van der Waals surface area contributed by atoms with Gasteiger partial charge in [-0.3, -0.25) is 0 Å². The van der Waals surface area contributed by atoms with Gasteiger partial charge >= 0.3 is 5.97 Å². The molecule has 6 nitrogen and oxygen atoms in total. The molecule has 0 aliphatic rings. The lowest BCUT2D eigenvalue weighted by Crippen LogP contribution is -2.21. The molecule has 0 fully saturated rings. The maximum atomic E-state index is 10.7. The van der Waals surface area contributed by atoms with E-state index in [0.717, 1.165) is 12.8 Å². The van der Waals surface area contributed by atoms with Gasteiger partial charge in [-0.1, -0.05) is 50.3 Å². The number of ether oxygens (including phenoxy) is 4. The fourth-order valence-electron chi connectivity index (χ4n) is 1.84. The van der Waals surface area contributed by atoms with E-state index in [9.17, 15) is 4.79 Å². The zero-order chi connectivity index (χ0) is 21.5. The van der Waals surface area contributed by atoms with Crippen LogP contribution in [0, 0.1) is 0 Å². The number of carbonyl (C=O) groups is 1. The quantitative estimate of drug-likeness (QED) is 0.247. The van der Waals surface area contributed by atoms with Crippen LogP contribution in [0.5, 0.6) is 0 Å². The maximum absolute atomic E-state index is 10.7. The van der Waals surface area contributed by atoms with Crippen molar-refractivity contribution in [3.8, 4) is 0 Å². The Hall–Kier alpha value is -1.73. The molecule has 1 rings (SSSR count). The van der Waals surface area contributed by atoms with E-state index in [1.54, 1.807) is 6.08 Å². The fraction of sp³-hybridized carbons (Fsp3) is 0.591.